The number of nitrogens with zero attached hydrogens (tertiary/aromatic N) is 3. The minimum absolute atomic E-state index is 0.326. The van der Waals surface area contributed by atoms with Crippen LogP contribution in [0.3, 0.4) is 0 Å². The largest absolute Gasteiger partial charge is 0.279 e. The van der Waals surface area contributed by atoms with Gasteiger partial charge in [0.05, 0.1) is 0 Å². The van der Waals surface area contributed by atoms with E-state index < -0.39 is 10.2 Å². The fraction of sp³-hybridized carbons (Fsp3) is 0.333. The van der Waals surface area contributed by atoms with Crippen molar-refractivity contribution in [3.63, 3.8) is 0 Å². The molecule has 0 saturated heterocycles. The van der Waals surface area contributed by atoms with Gasteiger partial charge < -0.3 is 0 Å². The van der Waals surface area contributed by atoms with E-state index in [1.54, 1.807) is 7.05 Å². The molecule has 2 N–H and O–H groups in total. The molecule has 0 bridgehead atoms. The summed E-state index contributed by atoms with van der Waals surface area (Å²) in [6.45, 7) is 0.665. The predicted octanol–water partition coefficient (Wildman–Crippen LogP) is 0.863. The van der Waals surface area contributed by atoms with Crippen molar-refractivity contribution in [3.8, 4) is 0 Å². The van der Waals surface area contributed by atoms with Crippen LogP contribution in [0.5, 0.6) is 0 Å². The lowest BCUT2D eigenvalue weighted by Gasteiger charge is -2.17. The molecule has 0 aliphatic heterocycles. The third-order valence-corrected chi connectivity index (χ3v) is 5.07. The van der Waals surface area contributed by atoms with Crippen LogP contribution >= 0.6 is 11.8 Å². The lowest BCUT2D eigenvalue weighted by Crippen LogP contribution is -2.38. The van der Waals surface area contributed by atoms with Gasteiger partial charge in [0.1, 0.15) is 6.33 Å². The summed E-state index contributed by atoms with van der Waals surface area (Å²) in [5.41, 5.74) is 0.946. The van der Waals surface area contributed by atoms with Crippen LogP contribution in [0, 0.1) is 0 Å². The molecule has 0 unspecified atom stereocenters. The summed E-state index contributed by atoms with van der Waals surface area (Å²) < 4.78 is 28.0. The summed E-state index contributed by atoms with van der Waals surface area (Å²) in [6.07, 6.45) is 1.42. The van der Waals surface area contributed by atoms with Gasteiger partial charge in [0.2, 0.25) is 0 Å². The van der Waals surface area contributed by atoms with Crippen LogP contribution < -0.4 is 4.72 Å². The Balaban J connectivity index is 1.78. The van der Waals surface area contributed by atoms with E-state index in [0.29, 0.717) is 24.0 Å². The van der Waals surface area contributed by atoms with Crippen LogP contribution in [-0.4, -0.2) is 47.2 Å². The molecule has 0 aliphatic rings. The molecule has 0 radical (unpaired) electrons. The summed E-state index contributed by atoms with van der Waals surface area (Å²) in [7, 11) is -1.92. The second-order valence-electron chi connectivity index (χ2n) is 4.28. The first kappa shape index (κ1) is 16.0. The Labute approximate surface area is 128 Å². The normalized spacial score (nSPS) is 11.9. The molecule has 9 heteroatoms. The molecule has 0 amide bonds. The lowest BCUT2D eigenvalue weighted by atomic mass is 10.2. The van der Waals surface area contributed by atoms with E-state index in [1.807, 2.05) is 30.3 Å². The Kier molecular flexibility index (Phi) is 5.74. The molecule has 114 valence electrons. The maximum absolute atomic E-state index is 12.1. The van der Waals surface area contributed by atoms with Gasteiger partial charge in [-0.1, -0.05) is 42.1 Å². The van der Waals surface area contributed by atoms with E-state index in [0.717, 1.165) is 5.56 Å². The van der Waals surface area contributed by atoms with Gasteiger partial charge in [0.15, 0.2) is 5.16 Å². The molecule has 1 aromatic heterocycles. The van der Waals surface area contributed by atoms with E-state index in [1.165, 1.54) is 22.4 Å². The maximum Gasteiger partial charge on any atom is 0.279 e. The number of rotatable bonds is 8. The first-order valence-corrected chi connectivity index (χ1v) is 8.73. The quantitative estimate of drug-likeness (QED) is 0.554. The minimum atomic E-state index is -3.48. The van der Waals surface area contributed by atoms with Crippen molar-refractivity contribution in [1.29, 1.82) is 0 Å². The highest BCUT2D eigenvalue weighted by Gasteiger charge is 2.16. The molecule has 2 rings (SSSR count). The zero-order valence-electron chi connectivity index (χ0n) is 11.6. The molecule has 1 aromatic carbocycles. The van der Waals surface area contributed by atoms with Crippen LogP contribution in [0.2, 0.25) is 0 Å². The van der Waals surface area contributed by atoms with E-state index in [9.17, 15) is 8.42 Å². The predicted molar refractivity (Wildman–Crippen MR) is 81.9 cm³/mol. The molecule has 21 heavy (non-hydrogen) atoms. The third-order valence-electron chi connectivity index (χ3n) is 2.68. The van der Waals surface area contributed by atoms with Crippen LogP contribution in [-0.2, 0) is 16.8 Å². The lowest BCUT2D eigenvalue weighted by molar-refractivity contribution is 0.456. The van der Waals surface area contributed by atoms with Crippen LogP contribution in [0.25, 0.3) is 0 Å². The first-order chi connectivity index (χ1) is 10.1. The molecule has 7 nitrogen and oxygen atoms in total. The van der Waals surface area contributed by atoms with Crippen LogP contribution in [0.1, 0.15) is 5.56 Å². The van der Waals surface area contributed by atoms with Crippen LogP contribution in [0.4, 0.5) is 0 Å². The third kappa shape index (κ3) is 5.12. The second-order valence-corrected chi connectivity index (χ2v) is 7.23. The number of aromatic amines is 1. The van der Waals surface area contributed by atoms with E-state index in [-0.39, 0.29) is 0 Å². The van der Waals surface area contributed by atoms with Crippen molar-refractivity contribution in [2.75, 3.05) is 19.3 Å². The van der Waals surface area contributed by atoms with E-state index >= 15 is 0 Å². The van der Waals surface area contributed by atoms with Crippen molar-refractivity contribution in [3.05, 3.63) is 42.2 Å². The fourth-order valence-electron chi connectivity index (χ4n) is 1.62. The summed E-state index contributed by atoms with van der Waals surface area (Å²) in [5, 5.41) is 7.10. The van der Waals surface area contributed by atoms with Gasteiger partial charge >= 0.3 is 0 Å². The summed E-state index contributed by atoms with van der Waals surface area (Å²) >= 11 is 1.41. The van der Waals surface area contributed by atoms with Crippen LogP contribution in [0.15, 0.2) is 41.8 Å². The number of nitrogens with one attached hydrogen (secondary N) is 2. The Bertz CT molecular complexity index is 631. The minimum Gasteiger partial charge on any atom is -0.254 e. The molecule has 0 fully saturated rings. The number of benzene rings is 1. The standard InChI is InChI=1S/C12H17N5O2S2/c1-17(9-11-5-3-2-4-6-11)21(18,19)15-7-8-20-12-13-10-14-16-12/h2-6,10,15H,7-9H2,1H3,(H,13,14,16). The average molecular weight is 327 g/mol. The summed E-state index contributed by atoms with van der Waals surface area (Å²) in [6, 6.07) is 9.46. The van der Waals surface area contributed by atoms with Crippen molar-refractivity contribution >= 4 is 22.0 Å². The smallest absolute Gasteiger partial charge is 0.254 e. The monoisotopic (exact) mass is 327 g/mol. The number of aromatic nitrogens is 3. The Morgan fingerprint density at radius 3 is 2.76 bits per heavy atom. The van der Waals surface area contributed by atoms with E-state index in [2.05, 4.69) is 19.9 Å². The topological polar surface area (TPSA) is 91.0 Å². The zero-order valence-corrected chi connectivity index (χ0v) is 13.2. The van der Waals surface area contributed by atoms with Gasteiger partial charge in [0, 0.05) is 25.9 Å². The molecule has 1 heterocycles. The number of hydrogen-bond donors (Lipinski definition) is 2. The van der Waals surface area contributed by atoms with Crippen molar-refractivity contribution in [2.24, 2.45) is 0 Å². The van der Waals surface area contributed by atoms with Gasteiger partial charge in [-0.2, -0.15) is 17.8 Å². The Morgan fingerprint density at radius 1 is 1.33 bits per heavy atom. The molecule has 0 aliphatic carbocycles. The fourth-order valence-corrected chi connectivity index (χ4v) is 3.28. The number of hydrogen-bond acceptors (Lipinski definition) is 5. The highest BCUT2D eigenvalue weighted by Crippen LogP contribution is 2.10. The second kappa shape index (κ2) is 7.55. The van der Waals surface area contributed by atoms with Gasteiger partial charge in [-0.15, -0.1) is 0 Å². The highest BCUT2D eigenvalue weighted by atomic mass is 32.2. The molecular formula is C12H17N5O2S2. The Morgan fingerprint density at radius 2 is 2.10 bits per heavy atom. The molecule has 0 spiro atoms. The van der Waals surface area contributed by atoms with Crippen molar-refractivity contribution in [2.45, 2.75) is 11.7 Å². The zero-order chi connectivity index (χ0) is 15.1. The van der Waals surface area contributed by atoms with Crippen molar-refractivity contribution < 1.29 is 8.42 Å². The van der Waals surface area contributed by atoms with Gasteiger partial charge in [-0.3, -0.25) is 5.10 Å². The number of H-pyrrole nitrogens is 1. The van der Waals surface area contributed by atoms with Gasteiger partial charge in [-0.25, -0.2) is 9.71 Å². The SMILES string of the molecule is CN(Cc1ccccc1)S(=O)(=O)NCCSc1ncn[nH]1. The number of thioether (sulfide) groups is 1. The van der Waals surface area contributed by atoms with Gasteiger partial charge in [0.25, 0.3) is 10.2 Å². The average Bonchev–Trinajstić information content (AvgIpc) is 2.98. The highest BCUT2D eigenvalue weighted by molar-refractivity contribution is 7.99. The van der Waals surface area contributed by atoms with Gasteiger partial charge in [-0.05, 0) is 5.56 Å². The van der Waals surface area contributed by atoms with Crippen molar-refractivity contribution in [1.82, 2.24) is 24.2 Å². The molecular weight excluding hydrogens is 310 g/mol. The molecule has 2 aromatic rings. The molecule has 0 saturated carbocycles. The van der Waals surface area contributed by atoms with E-state index in [4.69, 9.17) is 0 Å². The Hall–Kier alpha value is -1.42. The molecule has 0 atom stereocenters. The maximum atomic E-state index is 12.1. The first-order valence-electron chi connectivity index (χ1n) is 6.31. The summed E-state index contributed by atoms with van der Waals surface area (Å²) in [4.78, 5) is 3.95. The summed E-state index contributed by atoms with van der Waals surface area (Å²) in [5.74, 6) is 0.577.